The molecule has 0 unspecified atom stereocenters. The predicted octanol–water partition coefficient (Wildman–Crippen LogP) is 3.73. The van der Waals surface area contributed by atoms with Crippen LogP contribution >= 0.6 is 0 Å². The van der Waals surface area contributed by atoms with Crippen LogP contribution in [0, 0.1) is 13.8 Å². The minimum absolute atomic E-state index is 0.313. The summed E-state index contributed by atoms with van der Waals surface area (Å²) < 4.78 is 5.11. The maximum atomic E-state index is 12.2. The minimum Gasteiger partial charge on any atom is -0.451 e. The fourth-order valence-electron chi connectivity index (χ4n) is 2.62. The standard InChI is InChI=1S/C23H28N2O4/c1-14(2)18-8-10-20(11-9-18)25-22(27)17(5)29-21(26)13-24-23(28)19-7-6-15(3)16(4)12-19/h6-12,14,17H,13H2,1-5H3,(H,24,28)(H,25,27)/t17-/m1/s1. The van der Waals surface area contributed by atoms with Gasteiger partial charge in [-0.25, -0.2) is 0 Å². The Morgan fingerprint density at radius 3 is 2.17 bits per heavy atom. The van der Waals surface area contributed by atoms with E-state index in [1.54, 1.807) is 12.1 Å². The molecule has 0 aliphatic carbocycles. The Morgan fingerprint density at radius 1 is 0.931 bits per heavy atom. The van der Waals surface area contributed by atoms with Crippen molar-refractivity contribution in [3.63, 3.8) is 0 Å². The summed E-state index contributed by atoms with van der Waals surface area (Å²) >= 11 is 0. The van der Waals surface area contributed by atoms with Gasteiger partial charge in [-0.1, -0.05) is 32.0 Å². The zero-order valence-electron chi connectivity index (χ0n) is 17.5. The quantitative estimate of drug-likeness (QED) is 0.699. The lowest BCUT2D eigenvalue weighted by Crippen LogP contribution is -2.35. The average Bonchev–Trinajstić information content (AvgIpc) is 2.68. The SMILES string of the molecule is Cc1ccc(C(=O)NCC(=O)O[C@H](C)C(=O)Nc2ccc(C(C)C)cc2)cc1C. The van der Waals surface area contributed by atoms with Crippen molar-refractivity contribution in [3.8, 4) is 0 Å². The molecule has 2 rings (SSSR count). The molecule has 0 radical (unpaired) electrons. The van der Waals surface area contributed by atoms with Crippen LogP contribution < -0.4 is 10.6 Å². The van der Waals surface area contributed by atoms with Crippen LogP contribution in [0.25, 0.3) is 0 Å². The van der Waals surface area contributed by atoms with Crippen molar-refractivity contribution in [1.29, 1.82) is 0 Å². The number of amides is 2. The van der Waals surface area contributed by atoms with Gasteiger partial charge in [0.05, 0.1) is 0 Å². The van der Waals surface area contributed by atoms with E-state index in [-0.39, 0.29) is 12.5 Å². The maximum Gasteiger partial charge on any atom is 0.326 e. The summed E-state index contributed by atoms with van der Waals surface area (Å²) in [5, 5.41) is 5.22. The second kappa shape index (κ2) is 9.87. The van der Waals surface area contributed by atoms with Gasteiger partial charge in [-0.15, -0.1) is 0 Å². The molecule has 2 aromatic rings. The van der Waals surface area contributed by atoms with Gasteiger partial charge in [0.1, 0.15) is 6.54 Å². The van der Waals surface area contributed by atoms with Crippen molar-refractivity contribution in [2.24, 2.45) is 0 Å². The van der Waals surface area contributed by atoms with Crippen LogP contribution in [0.5, 0.6) is 0 Å². The number of nitrogens with one attached hydrogen (secondary N) is 2. The molecule has 6 heteroatoms. The number of anilines is 1. The number of carbonyl (C=O) groups excluding carboxylic acids is 3. The highest BCUT2D eigenvalue weighted by Crippen LogP contribution is 2.17. The molecule has 2 aromatic carbocycles. The highest BCUT2D eigenvalue weighted by Gasteiger charge is 2.19. The molecule has 154 valence electrons. The highest BCUT2D eigenvalue weighted by atomic mass is 16.5. The van der Waals surface area contributed by atoms with E-state index in [1.807, 2.05) is 44.2 Å². The Hall–Kier alpha value is -3.15. The molecule has 1 atom stereocenters. The van der Waals surface area contributed by atoms with Gasteiger partial charge in [-0.05, 0) is 67.6 Å². The third kappa shape index (κ3) is 6.45. The number of aryl methyl sites for hydroxylation is 2. The van der Waals surface area contributed by atoms with E-state index in [9.17, 15) is 14.4 Å². The van der Waals surface area contributed by atoms with E-state index in [2.05, 4.69) is 24.5 Å². The number of benzene rings is 2. The molecule has 0 saturated carbocycles. The van der Waals surface area contributed by atoms with Crippen molar-refractivity contribution in [1.82, 2.24) is 5.32 Å². The number of hydrogen-bond acceptors (Lipinski definition) is 4. The molecule has 29 heavy (non-hydrogen) atoms. The van der Waals surface area contributed by atoms with Crippen LogP contribution in [0.15, 0.2) is 42.5 Å². The number of ether oxygens (including phenoxy) is 1. The minimum atomic E-state index is -0.981. The van der Waals surface area contributed by atoms with Gasteiger partial charge >= 0.3 is 5.97 Å². The van der Waals surface area contributed by atoms with Crippen LogP contribution in [-0.2, 0) is 14.3 Å². The average molecular weight is 396 g/mol. The van der Waals surface area contributed by atoms with Crippen molar-refractivity contribution < 1.29 is 19.1 Å². The van der Waals surface area contributed by atoms with Crippen LogP contribution in [0.1, 0.15) is 53.7 Å². The molecule has 6 nitrogen and oxygen atoms in total. The summed E-state index contributed by atoms with van der Waals surface area (Å²) in [6, 6.07) is 12.8. The molecule has 0 saturated heterocycles. The van der Waals surface area contributed by atoms with Gasteiger partial charge in [0.2, 0.25) is 0 Å². The second-order valence-corrected chi connectivity index (χ2v) is 7.38. The number of carbonyl (C=O) groups is 3. The zero-order chi connectivity index (χ0) is 21.6. The summed E-state index contributed by atoms with van der Waals surface area (Å²) in [6.07, 6.45) is -0.981. The number of esters is 1. The Morgan fingerprint density at radius 2 is 1.59 bits per heavy atom. The van der Waals surface area contributed by atoms with E-state index in [1.165, 1.54) is 12.5 Å². The van der Waals surface area contributed by atoms with E-state index in [0.717, 1.165) is 11.1 Å². The first-order valence-electron chi connectivity index (χ1n) is 9.63. The summed E-state index contributed by atoms with van der Waals surface area (Å²) in [5.41, 5.74) is 4.34. The lowest BCUT2D eigenvalue weighted by atomic mass is 10.0. The Bertz CT molecular complexity index is 888. The molecule has 0 aromatic heterocycles. The predicted molar refractivity (Wildman–Crippen MR) is 113 cm³/mol. The van der Waals surface area contributed by atoms with Gasteiger partial charge in [0.25, 0.3) is 11.8 Å². The van der Waals surface area contributed by atoms with Gasteiger partial charge in [-0.3, -0.25) is 14.4 Å². The lowest BCUT2D eigenvalue weighted by molar-refractivity contribution is -0.152. The van der Waals surface area contributed by atoms with E-state index >= 15 is 0 Å². The number of rotatable bonds is 7. The third-order valence-corrected chi connectivity index (χ3v) is 4.68. The van der Waals surface area contributed by atoms with Crippen LogP contribution in [0.2, 0.25) is 0 Å². The largest absolute Gasteiger partial charge is 0.451 e. The third-order valence-electron chi connectivity index (χ3n) is 4.68. The van der Waals surface area contributed by atoms with E-state index in [4.69, 9.17) is 4.74 Å². The fourth-order valence-corrected chi connectivity index (χ4v) is 2.62. The van der Waals surface area contributed by atoms with Crippen molar-refractivity contribution in [3.05, 3.63) is 64.7 Å². The molecule has 2 amide bonds. The molecule has 0 heterocycles. The number of hydrogen-bond donors (Lipinski definition) is 2. The Labute approximate surface area is 171 Å². The molecule has 0 fully saturated rings. The van der Waals surface area contributed by atoms with Gasteiger partial charge in [0, 0.05) is 11.3 Å². The van der Waals surface area contributed by atoms with Gasteiger partial charge in [-0.2, -0.15) is 0 Å². The molecular formula is C23H28N2O4. The molecule has 0 aliphatic heterocycles. The first-order valence-corrected chi connectivity index (χ1v) is 9.63. The zero-order valence-corrected chi connectivity index (χ0v) is 17.5. The smallest absolute Gasteiger partial charge is 0.326 e. The molecule has 2 N–H and O–H groups in total. The highest BCUT2D eigenvalue weighted by molar-refractivity contribution is 5.97. The summed E-state index contributed by atoms with van der Waals surface area (Å²) in [6.45, 7) is 9.23. The maximum absolute atomic E-state index is 12.2. The van der Waals surface area contributed by atoms with E-state index in [0.29, 0.717) is 17.2 Å². The second-order valence-electron chi connectivity index (χ2n) is 7.38. The molecule has 0 bridgehead atoms. The molecular weight excluding hydrogens is 368 g/mol. The fraction of sp³-hybridized carbons (Fsp3) is 0.348. The first-order chi connectivity index (χ1) is 13.7. The van der Waals surface area contributed by atoms with Crippen molar-refractivity contribution >= 4 is 23.5 Å². The summed E-state index contributed by atoms with van der Waals surface area (Å²) in [7, 11) is 0. The van der Waals surface area contributed by atoms with Crippen molar-refractivity contribution in [2.45, 2.75) is 46.6 Å². The van der Waals surface area contributed by atoms with Crippen LogP contribution in [-0.4, -0.2) is 30.4 Å². The normalized spacial score (nSPS) is 11.7. The molecule has 0 aliphatic rings. The lowest BCUT2D eigenvalue weighted by Gasteiger charge is -2.14. The molecule has 0 spiro atoms. The van der Waals surface area contributed by atoms with Gasteiger partial charge in [0.15, 0.2) is 6.10 Å². The van der Waals surface area contributed by atoms with E-state index < -0.39 is 18.0 Å². The van der Waals surface area contributed by atoms with Crippen molar-refractivity contribution in [2.75, 3.05) is 11.9 Å². The first kappa shape index (κ1) is 22.1. The topological polar surface area (TPSA) is 84.5 Å². The monoisotopic (exact) mass is 396 g/mol. The summed E-state index contributed by atoms with van der Waals surface area (Å²) in [5.74, 6) is -1.08. The van der Waals surface area contributed by atoms with Crippen LogP contribution in [0.4, 0.5) is 5.69 Å². The summed E-state index contributed by atoms with van der Waals surface area (Å²) in [4.78, 5) is 36.3. The van der Waals surface area contributed by atoms with Gasteiger partial charge < -0.3 is 15.4 Å². The van der Waals surface area contributed by atoms with Crippen LogP contribution in [0.3, 0.4) is 0 Å². The Kier molecular flexibility index (Phi) is 7.53. The Balaban J connectivity index is 1.82.